The van der Waals surface area contributed by atoms with Crippen molar-refractivity contribution in [1.82, 2.24) is 0 Å². The van der Waals surface area contributed by atoms with Gasteiger partial charge in [0.05, 0.1) is 12.2 Å². The minimum Gasteiger partial charge on any atom is -0.462 e. The Hall–Kier alpha value is -2.09. The van der Waals surface area contributed by atoms with Gasteiger partial charge in [-0.25, -0.2) is 4.79 Å². The average Bonchev–Trinajstić information content (AvgIpc) is 2.66. The molecule has 0 fully saturated rings. The summed E-state index contributed by atoms with van der Waals surface area (Å²) in [6.45, 7) is 4.49. The third-order valence-corrected chi connectivity index (χ3v) is 4.62. The standard InChI is InChI=1S/C23H30O2/c1-3-5-6-7-11-14-22(19-12-9-8-10-13-19)20-15-17-21(18-16-20)23(24)25-4-2/h8-10,12-13,15-18,22H,3-7,11,14H2,1-2H3. The number of carbonyl (C=O) groups is 1. The molecule has 0 bridgehead atoms. The summed E-state index contributed by atoms with van der Waals surface area (Å²) < 4.78 is 5.08. The molecule has 134 valence electrons. The van der Waals surface area contributed by atoms with E-state index in [-0.39, 0.29) is 5.97 Å². The van der Waals surface area contributed by atoms with Gasteiger partial charge in [0.25, 0.3) is 0 Å². The number of benzene rings is 2. The van der Waals surface area contributed by atoms with Crippen molar-refractivity contribution >= 4 is 5.97 Å². The molecule has 0 N–H and O–H groups in total. The maximum Gasteiger partial charge on any atom is 0.338 e. The Morgan fingerprint density at radius 1 is 0.840 bits per heavy atom. The van der Waals surface area contributed by atoms with E-state index in [0.717, 1.165) is 6.42 Å². The van der Waals surface area contributed by atoms with Gasteiger partial charge in [0.2, 0.25) is 0 Å². The summed E-state index contributed by atoms with van der Waals surface area (Å²) >= 11 is 0. The van der Waals surface area contributed by atoms with Crippen molar-refractivity contribution in [1.29, 1.82) is 0 Å². The van der Waals surface area contributed by atoms with Crippen LogP contribution in [0.5, 0.6) is 0 Å². The van der Waals surface area contributed by atoms with Gasteiger partial charge in [-0.1, -0.05) is 81.5 Å². The minimum absolute atomic E-state index is 0.245. The zero-order valence-electron chi connectivity index (χ0n) is 15.5. The maximum absolute atomic E-state index is 11.8. The van der Waals surface area contributed by atoms with Crippen LogP contribution < -0.4 is 0 Å². The van der Waals surface area contributed by atoms with E-state index in [1.165, 1.54) is 43.2 Å². The zero-order chi connectivity index (χ0) is 17.9. The predicted molar refractivity (Wildman–Crippen MR) is 104 cm³/mol. The van der Waals surface area contributed by atoms with Crippen LogP contribution in [0.15, 0.2) is 54.6 Å². The summed E-state index contributed by atoms with van der Waals surface area (Å²) in [7, 11) is 0. The highest BCUT2D eigenvalue weighted by Crippen LogP contribution is 2.30. The van der Waals surface area contributed by atoms with Crippen LogP contribution in [0.1, 0.15) is 79.8 Å². The van der Waals surface area contributed by atoms with Crippen molar-refractivity contribution in [3.63, 3.8) is 0 Å². The summed E-state index contributed by atoms with van der Waals surface area (Å²) in [6.07, 6.45) is 7.59. The highest BCUT2D eigenvalue weighted by atomic mass is 16.5. The second-order valence-corrected chi connectivity index (χ2v) is 6.51. The first-order valence-corrected chi connectivity index (χ1v) is 9.58. The van der Waals surface area contributed by atoms with Crippen molar-refractivity contribution < 1.29 is 9.53 Å². The van der Waals surface area contributed by atoms with E-state index >= 15 is 0 Å². The molecule has 2 aromatic rings. The topological polar surface area (TPSA) is 26.3 Å². The van der Waals surface area contributed by atoms with Crippen molar-refractivity contribution in [2.24, 2.45) is 0 Å². The van der Waals surface area contributed by atoms with Gasteiger partial charge in [0, 0.05) is 5.92 Å². The number of ether oxygens (including phenoxy) is 1. The number of unbranched alkanes of at least 4 members (excludes halogenated alkanes) is 4. The molecular formula is C23H30O2. The van der Waals surface area contributed by atoms with Gasteiger partial charge >= 0.3 is 5.97 Å². The van der Waals surface area contributed by atoms with Crippen LogP contribution in [0.2, 0.25) is 0 Å². The lowest BCUT2D eigenvalue weighted by molar-refractivity contribution is 0.0526. The number of hydrogen-bond donors (Lipinski definition) is 0. The molecule has 0 aliphatic rings. The molecule has 0 aliphatic heterocycles. The lowest BCUT2D eigenvalue weighted by Gasteiger charge is -2.18. The van der Waals surface area contributed by atoms with E-state index in [1.54, 1.807) is 0 Å². The van der Waals surface area contributed by atoms with Crippen LogP contribution in [-0.2, 0) is 4.74 Å². The second-order valence-electron chi connectivity index (χ2n) is 6.51. The van der Waals surface area contributed by atoms with Gasteiger partial charge in [0.15, 0.2) is 0 Å². The zero-order valence-corrected chi connectivity index (χ0v) is 15.5. The molecular weight excluding hydrogens is 308 g/mol. The van der Waals surface area contributed by atoms with E-state index in [1.807, 2.05) is 19.1 Å². The Balaban J connectivity index is 2.10. The van der Waals surface area contributed by atoms with Gasteiger partial charge in [-0.3, -0.25) is 0 Å². The fraction of sp³-hybridized carbons (Fsp3) is 0.435. The highest BCUT2D eigenvalue weighted by Gasteiger charge is 2.15. The monoisotopic (exact) mass is 338 g/mol. The molecule has 0 saturated heterocycles. The van der Waals surface area contributed by atoms with Crippen molar-refractivity contribution in [3.8, 4) is 0 Å². The first-order valence-electron chi connectivity index (χ1n) is 9.58. The van der Waals surface area contributed by atoms with Gasteiger partial charge in [0.1, 0.15) is 0 Å². The van der Waals surface area contributed by atoms with E-state index in [4.69, 9.17) is 4.74 Å². The molecule has 1 atom stereocenters. The van der Waals surface area contributed by atoms with Gasteiger partial charge in [-0.2, -0.15) is 0 Å². The molecule has 2 aromatic carbocycles. The second kappa shape index (κ2) is 10.7. The van der Waals surface area contributed by atoms with Crippen LogP contribution in [0.25, 0.3) is 0 Å². The predicted octanol–water partition coefficient (Wildman–Crippen LogP) is 6.36. The maximum atomic E-state index is 11.8. The molecule has 0 amide bonds. The first kappa shape index (κ1) is 19.2. The fourth-order valence-corrected chi connectivity index (χ4v) is 3.23. The summed E-state index contributed by atoms with van der Waals surface area (Å²) in [5.74, 6) is 0.143. The number of esters is 1. The molecule has 0 saturated carbocycles. The quantitative estimate of drug-likeness (QED) is 0.372. The number of hydrogen-bond acceptors (Lipinski definition) is 2. The summed E-state index contributed by atoms with van der Waals surface area (Å²) in [5, 5.41) is 0. The third kappa shape index (κ3) is 6.04. The Morgan fingerprint density at radius 3 is 2.12 bits per heavy atom. The largest absolute Gasteiger partial charge is 0.462 e. The van der Waals surface area contributed by atoms with Crippen LogP contribution in [-0.4, -0.2) is 12.6 Å². The van der Waals surface area contributed by atoms with Crippen LogP contribution in [0, 0.1) is 0 Å². The molecule has 0 aliphatic carbocycles. The first-order chi connectivity index (χ1) is 12.3. The SMILES string of the molecule is CCCCCCCC(c1ccccc1)c1ccc(C(=O)OCC)cc1. The molecule has 0 radical (unpaired) electrons. The third-order valence-electron chi connectivity index (χ3n) is 4.62. The average molecular weight is 338 g/mol. The lowest BCUT2D eigenvalue weighted by Crippen LogP contribution is -2.06. The van der Waals surface area contributed by atoms with Crippen molar-refractivity contribution in [2.75, 3.05) is 6.61 Å². The normalized spacial score (nSPS) is 11.9. The molecule has 25 heavy (non-hydrogen) atoms. The van der Waals surface area contributed by atoms with Gasteiger partial charge in [-0.05, 0) is 36.6 Å². The summed E-state index contributed by atoms with van der Waals surface area (Å²) in [5.41, 5.74) is 3.25. The van der Waals surface area contributed by atoms with E-state index < -0.39 is 0 Å². The lowest BCUT2D eigenvalue weighted by atomic mass is 9.86. The van der Waals surface area contributed by atoms with Crippen molar-refractivity contribution in [3.05, 3.63) is 71.3 Å². The van der Waals surface area contributed by atoms with E-state index in [0.29, 0.717) is 18.1 Å². The molecule has 1 unspecified atom stereocenters. The highest BCUT2D eigenvalue weighted by molar-refractivity contribution is 5.89. The number of rotatable bonds is 10. The fourth-order valence-electron chi connectivity index (χ4n) is 3.23. The Bertz CT molecular complexity index is 616. The molecule has 2 heteroatoms. The van der Waals surface area contributed by atoms with E-state index in [9.17, 15) is 4.79 Å². The molecule has 0 spiro atoms. The molecule has 0 heterocycles. The smallest absolute Gasteiger partial charge is 0.338 e. The van der Waals surface area contributed by atoms with Crippen LogP contribution in [0.3, 0.4) is 0 Å². The van der Waals surface area contributed by atoms with Gasteiger partial charge < -0.3 is 4.74 Å². The number of carbonyl (C=O) groups excluding carboxylic acids is 1. The van der Waals surface area contributed by atoms with Crippen molar-refractivity contribution in [2.45, 2.75) is 58.3 Å². The molecule has 0 aromatic heterocycles. The summed E-state index contributed by atoms with van der Waals surface area (Å²) in [4.78, 5) is 11.8. The molecule has 2 rings (SSSR count). The summed E-state index contributed by atoms with van der Waals surface area (Å²) in [6, 6.07) is 18.6. The van der Waals surface area contributed by atoms with E-state index in [2.05, 4.69) is 49.4 Å². The Morgan fingerprint density at radius 2 is 1.48 bits per heavy atom. The molecule has 2 nitrogen and oxygen atoms in total. The Kier molecular flexibility index (Phi) is 8.24. The van der Waals surface area contributed by atoms with Crippen LogP contribution >= 0.6 is 0 Å². The minimum atomic E-state index is -0.245. The Labute approximate surface area is 152 Å². The van der Waals surface area contributed by atoms with Crippen LogP contribution in [0.4, 0.5) is 0 Å². The van der Waals surface area contributed by atoms with Gasteiger partial charge in [-0.15, -0.1) is 0 Å².